The molecule has 1 fully saturated rings. The van der Waals surface area contributed by atoms with Gasteiger partial charge in [-0.1, -0.05) is 19.9 Å². The molecule has 1 aromatic carbocycles. The zero-order valence-electron chi connectivity index (χ0n) is 14.9. The summed E-state index contributed by atoms with van der Waals surface area (Å²) in [4.78, 5) is 14.6. The minimum absolute atomic E-state index is 0.226. The van der Waals surface area contributed by atoms with Crippen molar-refractivity contribution in [3.05, 3.63) is 29.3 Å². The number of amides is 1. The maximum Gasteiger partial charge on any atom is 0.251 e. The van der Waals surface area contributed by atoms with Crippen LogP contribution in [0.15, 0.2) is 23.1 Å². The fraction of sp³-hybridized carbons (Fsp3) is 0.588. The topological polar surface area (TPSA) is 69.7 Å². The van der Waals surface area contributed by atoms with Gasteiger partial charge in [0.2, 0.25) is 10.0 Å². The molecule has 0 aromatic heterocycles. The molecule has 2 rings (SSSR count). The maximum absolute atomic E-state index is 12.9. The number of aryl methyl sites for hydroxylation is 1. The highest BCUT2D eigenvalue weighted by molar-refractivity contribution is 7.89. The molecule has 1 saturated heterocycles. The van der Waals surface area contributed by atoms with Crippen molar-refractivity contribution in [2.75, 3.05) is 39.8 Å². The number of hydrogen-bond acceptors (Lipinski definition) is 4. The second-order valence-electron chi connectivity index (χ2n) is 6.79. The van der Waals surface area contributed by atoms with E-state index in [2.05, 4.69) is 10.2 Å². The first-order chi connectivity index (χ1) is 11.2. The third-order valence-electron chi connectivity index (χ3n) is 4.20. The Morgan fingerprint density at radius 1 is 1.21 bits per heavy atom. The number of piperazine rings is 1. The highest BCUT2D eigenvalue weighted by Crippen LogP contribution is 2.22. The molecule has 7 heteroatoms. The Morgan fingerprint density at radius 3 is 2.42 bits per heavy atom. The highest BCUT2D eigenvalue weighted by Gasteiger charge is 2.29. The first kappa shape index (κ1) is 18.9. The lowest BCUT2D eigenvalue weighted by Gasteiger charge is -2.32. The standard InChI is InChI=1S/C17H27N3O3S/c1-13(2)12-18-17(21)15-6-5-14(3)16(11-15)24(22,23)20-9-7-19(4)8-10-20/h5-6,11,13H,7-10,12H2,1-4H3,(H,18,21). The zero-order valence-corrected chi connectivity index (χ0v) is 15.7. The average molecular weight is 353 g/mol. The van der Waals surface area contributed by atoms with E-state index in [4.69, 9.17) is 0 Å². The molecule has 1 N–H and O–H groups in total. The van der Waals surface area contributed by atoms with Crippen LogP contribution >= 0.6 is 0 Å². The van der Waals surface area contributed by atoms with Crippen LogP contribution in [-0.2, 0) is 10.0 Å². The first-order valence-electron chi connectivity index (χ1n) is 8.29. The molecule has 0 atom stereocenters. The van der Waals surface area contributed by atoms with Gasteiger partial charge in [-0.05, 0) is 37.6 Å². The van der Waals surface area contributed by atoms with E-state index < -0.39 is 10.0 Å². The summed E-state index contributed by atoms with van der Waals surface area (Å²) in [6, 6.07) is 4.87. The van der Waals surface area contributed by atoms with Gasteiger partial charge in [-0.25, -0.2) is 8.42 Å². The summed E-state index contributed by atoms with van der Waals surface area (Å²) in [5.41, 5.74) is 1.04. The van der Waals surface area contributed by atoms with E-state index in [1.165, 1.54) is 10.4 Å². The number of carbonyl (C=O) groups excluding carboxylic acids is 1. The van der Waals surface area contributed by atoms with Crippen molar-refractivity contribution >= 4 is 15.9 Å². The fourth-order valence-electron chi connectivity index (χ4n) is 2.59. The average Bonchev–Trinajstić information content (AvgIpc) is 2.53. The van der Waals surface area contributed by atoms with E-state index in [1.807, 2.05) is 20.9 Å². The van der Waals surface area contributed by atoms with Gasteiger partial charge in [0.15, 0.2) is 0 Å². The Hall–Kier alpha value is -1.44. The molecule has 0 saturated carbocycles. The summed E-state index contributed by atoms with van der Waals surface area (Å²) in [7, 11) is -1.60. The van der Waals surface area contributed by atoms with Crippen LogP contribution in [-0.4, -0.2) is 63.3 Å². The summed E-state index contributed by atoms with van der Waals surface area (Å²) in [6.45, 7) is 8.73. The lowest BCUT2D eigenvalue weighted by Crippen LogP contribution is -2.47. The number of nitrogens with one attached hydrogen (secondary N) is 1. The van der Waals surface area contributed by atoms with Crippen molar-refractivity contribution in [3.8, 4) is 0 Å². The number of likely N-dealkylation sites (N-methyl/N-ethyl adjacent to an activating group) is 1. The van der Waals surface area contributed by atoms with Gasteiger partial charge in [0.25, 0.3) is 5.91 Å². The molecule has 1 aliphatic heterocycles. The van der Waals surface area contributed by atoms with Crippen molar-refractivity contribution in [3.63, 3.8) is 0 Å². The van der Waals surface area contributed by atoms with Crippen molar-refractivity contribution in [1.29, 1.82) is 0 Å². The van der Waals surface area contributed by atoms with Gasteiger partial charge in [0, 0.05) is 38.3 Å². The normalized spacial score (nSPS) is 17.2. The Bertz CT molecular complexity index is 693. The van der Waals surface area contributed by atoms with Gasteiger partial charge in [0.05, 0.1) is 4.90 Å². The second-order valence-corrected chi connectivity index (χ2v) is 8.70. The molecule has 1 aliphatic rings. The molecule has 1 heterocycles. The van der Waals surface area contributed by atoms with Crippen LogP contribution in [0.25, 0.3) is 0 Å². The van der Waals surface area contributed by atoms with Gasteiger partial charge in [-0.3, -0.25) is 4.79 Å². The molecule has 0 radical (unpaired) electrons. The van der Waals surface area contributed by atoms with E-state index in [-0.39, 0.29) is 10.8 Å². The quantitative estimate of drug-likeness (QED) is 0.867. The molecule has 0 bridgehead atoms. The molecule has 0 aliphatic carbocycles. The third-order valence-corrected chi connectivity index (χ3v) is 6.24. The van der Waals surface area contributed by atoms with Gasteiger partial charge in [-0.2, -0.15) is 4.31 Å². The first-order valence-corrected chi connectivity index (χ1v) is 9.73. The van der Waals surface area contributed by atoms with Crippen LogP contribution in [0.1, 0.15) is 29.8 Å². The van der Waals surface area contributed by atoms with Crippen LogP contribution in [0.3, 0.4) is 0 Å². The monoisotopic (exact) mass is 353 g/mol. The van der Waals surface area contributed by atoms with Crippen LogP contribution in [0.4, 0.5) is 0 Å². The van der Waals surface area contributed by atoms with Crippen molar-refractivity contribution in [2.24, 2.45) is 5.92 Å². The molecule has 6 nitrogen and oxygen atoms in total. The summed E-state index contributed by atoms with van der Waals surface area (Å²) < 4.78 is 27.4. The fourth-order valence-corrected chi connectivity index (χ4v) is 4.26. The van der Waals surface area contributed by atoms with Crippen LogP contribution < -0.4 is 5.32 Å². The number of nitrogens with zero attached hydrogens (tertiary/aromatic N) is 2. The predicted octanol–water partition coefficient (Wildman–Crippen LogP) is 1.32. The van der Waals surface area contributed by atoms with E-state index in [0.717, 1.165) is 0 Å². The molecule has 134 valence electrons. The van der Waals surface area contributed by atoms with Gasteiger partial charge in [-0.15, -0.1) is 0 Å². The van der Waals surface area contributed by atoms with Crippen LogP contribution in [0.2, 0.25) is 0 Å². The van der Waals surface area contributed by atoms with Gasteiger partial charge < -0.3 is 10.2 Å². The van der Waals surface area contributed by atoms with E-state index in [1.54, 1.807) is 19.1 Å². The Morgan fingerprint density at radius 2 is 1.83 bits per heavy atom. The summed E-state index contributed by atoms with van der Waals surface area (Å²) in [5, 5.41) is 2.83. The zero-order chi connectivity index (χ0) is 17.9. The van der Waals surface area contributed by atoms with E-state index in [0.29, 0.717) is 49.8 Å². The Labute approximate surface area is 144 Å². The largest absolute Gasteiger partial charge is 0.352 e. The Kier molecular flexibility index (Phi) is 6.01. The molecule has 0 unspecified atom stereocenters. The number of rotatable bonds is 5. The molecule has 1 amide bonds. The lowest BCUT2D eigenvalue weighted by molar-refractivity contribution is 0.0949. The van der Waals surface area contributed by atoms with Crippen molar-refractivity contribution in [1.82, 2.24) is 14.5 Å². The summed E-state index contributed by atoms with van der Waals surface area (Å²) in [5.74, 6) is 0.103. The number of sulfonamides is 1. The number of carbonyl (C=O) groups is 1. The van der Waals surface area contributed by atoms with Gasteiger partial charge >= 0.3 is 0 Å². The van der Waals surface area contributed by atoms with Crippen molar-refractivity contribution < 1.29 is 13.2 Å². The van der Waals surface area contributed by atoms with Crippen LogP contribution in [0.5, 0.6) is 0 Å². The van der Waals surface area contributed by atoms with Crippen molar-refractivity contribution in [2.45, 2.75) is 25.7 Å². The number of benzene rings is 1. The van der Waals surface area contributed by atoms with E-state index >= 15 is 0 Å². The molecule has 0 spiro atoms. The Balaban J connectivity index is 2.26. The maximum atomic E-state index is 12.9. The minimum atomic E-state index is -3.58. The molecule has 24 heavy (non-hydrogen) atoms. The second kappa shape index (κ2) is 7.63. The predicted molar refractivity (Wildman–Crippen MR) is 94.6 cm³/mol. The smallest absolute Gasteiger partial charge is 0.251 e. The van der Waals surface area contributed by atoms with Gasteiger partial charge in [0.1, 0.15) is 0 Å². The lowest BCUT2D eigenvalue weighted by atomic mass is 10.1. The third kappa shape index (κ3) is 4.34. The molecular weight excluding hydrogens is 326 g/mol. The summed E-state index contributed by atoms with van der Waals surface area (Å²) >= 11 is 0. The SMILES string of the molecule is Cc1ccc(C(=O)NCC(C)C)cc1S(=O)(=O)N1CCN(C)CC1. The molecular formula is C17H27N3O3S. The minimum Gasteiger partial charge on any atom is -0.352 e. The number of hydrogen-bond donors (Lipinski definition) is 1. The highest BCUT2D eigenvalue weighted by atomic mass is 32.2. The summed E-state index contributed by atoms with van der Waals surface area (Å²) in [6.07, 6.45) is 0. The molecule has 1 aromatic rings. The van der Waals surface area contributed by atoms with E-state index in [9.17, 15) is 13.2 Å². The van der Waals surface area contributed by atoms with Crippen LogP contribution in [0, 0.1) is 12.8 Å².